The lowest BCUT2D eigenvalue weighted by Gasteiger charge is -2.11. The molecule has 0 N–H and O–H groups in total. The third-order valence-electron chi connectivity index (χ3n) is 2.54. The van der Waals surface area contributed by atoms with Crippen molar-refractivity contribution in [1.29, 1.82) is 10.5 Å². The van der Waals surface area contributed by atoms with Gasteiger partial charge >= 0.3 is 0 Å². The molecule has 0 atom stereocenters. The smallest absolute Gasteiger partial charge is 0.267 e. The highest BCUT2D eigenvalue weighted by Crippen LogP contribution is 2.27. The quantitative estimate of drug-likeness (QED) is 0.580. The fraction of sp³-hybridized carbons (Fsp3) is 0.0769. The second kappa shape index (κ2) is 4.93. The standard InChI is InChI=1S/C13H7ClN4O/c1-8-12(9(6-15)7-16)13(19)18(17-8)11-4-2-3-10(14)5-11/h2-5H,1H3. The van der Waals surface area contributed by atoms with E-state index in [1.54, 1.807) is 43.3 Å². The number of nitrogens with zero attached hydrogens (tertiary/aromatic N) is 4. The summed E-state index contributed by atoms with van der Waals surface area (Å²) < 4.78 is 0. The second-order valence-electron chi connectivity index (χ2n) is 3.76. The number of hydrogen-bond donors (Lipinski definition) is 0. The van der Waals surface area contributed by atoms with Crippen LogP contribution in [0.1, 0.15) is 6.92 Å². The van der Waals surface area contributed by atoms with Gasteiger partial charge in [-0.25, -0.2) is 0 Å². The summed E-state index contributed by atoms with van der Waals surface area (Å²) in [6, 6.07) is 10.0. The average Bonchev–Trinajstić information content (AvgIpc) is 2.68. The minimum Gasteiger partial charge on any atom is -0.267 e. The highest BCUT2D eigenvalue weighted by molar-refractivity contribution is 6.32. The maximum atomic E-state index is 12.2. The molecule has 0 bridgehead atoms. The second-order valence-corrected chi connectivity index (χ2v) is 4.19. The van der Waals surface area contributed by atoms with Crippen LogP contribution in [0.25, 0.3) is 0 Å². The van der Waals surface area contributed by atoms with E-state index in [4.69, 9.17) is 22.1 Å². The van der Waals surface area contributed by atoms with Crippen LogP contribution in [0.5, 0.6) is 0 Å². The first-order valence-electron chi connectivity index (χ1n) is 5.28. The molecule has 92 valence electrons. The number of anilines is 1. The first-order valence-corrected chi connectivity index (χ1v) is 5.66. The predicted molar refractivity (Wildman–Crippen MR) is 70.3 cm³/mol. The van der Waals surface area contributed by atoms with Crippen LogP contribution in [-0.4, -0.2) is 11.6 Å². The van der Waals surface area contributed by atoms with Crippen LogP contribution < -0.4 is 5.01 Å². The van der Waals surface area contributed by atoms with Gasteiger partial charge < -0.3 is 0 Å². The van der Waals surface area contributed by atoms with E-state index in [1.165, 1.54) is 0 Å². The molecule has 19 heavy (non-hydrogen) atoms. The van der Waals surface area contributed by atoms with Crippen LogP contribution >= 0.6 is 11.6 Å². The van der Waals surface area contributed by atoms with Crippen molar-refractivity contribution in [1.82, 2.24) is 0 Å². The van der Waals surface area contributed by atoms with Crippen LogP contribution in [-0.2, 0) is 4.79 Å². The molecule has 2 rings (SSSR count). The molecule has 1 aliphatic rings. The van der Waals surface area contributed by atoms with E-state index in [1.807, 2.05) is 0 Å². The van der Waals surface area contributed by atoms with Crippen molar-refractivity contribution in [3.05, 3.63) is 40.4 Å². The number of amides is 1. The third kappa shape index (κ3) is 2.20. The molecule has 0 radical (unpaired) electrons. The Bertz CT molecular complexity index is 690. The van der Waals surface area contributed by atoms with Crippen molar-refractivity contribution < 1.29 is 4.79 Å². The van der Waals surface area contributed by atoms with Gasteiger partial charge in [0.1, 0.15) is 17.7 Å². The lowest BCUT2D eigenvalue weighted by Crippen LogP contribution is -2.22. The molecule has 0 saturated carbocycles. The van der Waals surface area contributed by atoms with Crippen molar-refractivity contribution in [3.63, 3.8) is 0 Å². The van der Waals surface area contributed by atoms with E-state index in [0.29, 0.717) is 16.4 Å². The van der Waals surface area contributed by atoms with E-state index >= 15 is 0 Å². The number of rotatable bonds is 1. The molecule has 0 spiro atoms. The largest absolute Gasteiger partial charge is 0.282 e. The van der Waals surface area contributed by atoms with Gasteiger partial charge in [0.05, 0.1) is 17.0 Å². The Morgan fingerprint density at radius 1 is 1.37 bits per heavy atom. The number of carbonyl (C=O) groups excluding carboxylic acids is 1. The molecule has 1 aromatic carbocycles. The SMILES string of the molecule is CC1=NN(c2cccc(Cl)c2)C(=O)C1=C(C#N)C#N. The van der Waals surface area contributed by atoms with E-state index in [2.05, 4.69) is 5.10 Å². The zero-order valence-electron chi connectivity index (χ0n) is 9.88. The van der Waals surface area contributed by atoms with Gasteiger partial charge in [0.15, 0.2) is 0 Å². The maximum absolute atomic E-state index is 12.2. The van der Waals surface area contributed by atoms with Crippen LogP contribution in [0.3, 0.4) is 0 Å². The Hall–Kier alpha value is -2.63. The Balaban J connectivity index is 2.51. The van der Waals surface area contributed by atoms with E-state index < -0.39 is 5.91 Å². The number of allylic oxidation sites excluding steroid dienone is 1. The van der Waals surface area contributed by atoms with Gasteiger partial charge in [-0.1, -0.05) is 17.7 Å². The zero-order valence-corrected chi connectivity index (χ0v) is 10.6. The topological polar surface area (TPSA) is 80.2 Å². The average molecular weight is 271 g/mol. The Labute approximate surface area is 114 Å². The van der Waals surface area contributed by atoms with Crippen LogP contribution in [0.4, 0.5) is 5.69 Å². The summed E-state index contributed by atoms with van der Waals surface area (Å²) in [6.07, 6.45) is 0. The van der Waals surface area contributed by atoms with Gasteiger partial charge in [0.2, 0.25) is 0 Å². The molecule has 0 unspecified atom stereocenters. The summed E-state index contributed by atoms with van der Waals surface area (Å²) in [5, 5.41) is 23.4. The van der Waals surface area contributed by atoms with Gasteiger partial charge in [0, 0.05) is 5.02 Å². The molecule has 1 aromatic rings. The molecule has 5 nitrogen and oxygen atoms in total. The van der Waals surface area contributed by atoms with Gasteiger partial charge in [-0.2, -0.15) is 20.6 Å². The fourth-order valence-corrected chi connectivity index (χ4v) is 1.90. The first-order chi connectivity index (χ1) is 9.08. The van der Waals surface area contributed by atoms with Crippen molar-refractivity contribution in [2.45, 2.75) is 6.92 Å². The lowest BCUT2D eigenvalue weighted by atomic mass is 10.1. The maximum Gasteiger partial charge on any atom is 0.282 e. The van der Waals surface area contributed by atoms with Crippen LogP contribution in [0.15, 0.2) is 40.5 Å². The van der Waals surface area contributed by atoms with Crippen molar-refractivity contribution in [2.24, 2.45) is 5.10 Å². The third-order valence-corrected chi connectivity index (χ3v) is 2.78. The Kier molecular flexibility index (Phi) is 3.33. The molecular formula is C13H7ClN4O. The minimum atomic E-state index is -0.502. The summed E-state index contributed by atoms with van der Waals surface area (Å²) in [4.78, 5) is 12.2. The molecule has 1 heterocycles. The van der Waals surface area contributed by atoms with Crippen molar-refractivity contribution in [2.75, 3.05) is 5.01 Å². The van der Waals surface area contributed by atoms with Crippen LogP contribution in [0.2, 0.25) is 5.02 Å². The van der Waals surface area contributed by atoms with E-state index in [9.17, 15) is 4.79 Å². The number of benzene rings is 1. The molecule has 0 saturated heterocycles. The molecular weight excluding hydrogens is 264 g/mol. The first kappa shape index (κ1) is 12.8. The monoisotopic (exact) mass is 270 g/mol. The minimum absolute atomic E-state index is 0.0324. The summed E-state index contributed by atoms with van der Waals surface area (Å²) in [6.45, 7) is 1.58. The fourth-order valence-electron chi connectivity index (χ4n) is 1.71. The normalized spacial score (nSPS) is 13.9. The van der Waals surface area contributed by atoms with Crippen LogP contribution in [0, 0.1) is 22.7 Å². The number of nitriles is 2. The van der Waals surface area contributed by atoms with Crippen molar-refractivity contribution in [3.8, 4) is 12.1 Å². The van der Waals surface area contributed by atoms with E-state index in [0.717, 1.165) is 5.01 Å². The zero-order chi connectivity index (χ0) is 14.0. The number of hydrazone groups is 1. The summed E-state index contributed by atoms with van der Waals surface area (Å²) in [7, 11) is 0. The number of halogens is 1. The van der Waals surface area contributed by atoms with Crippen molar-refractivity contribution >= 4 is 28.9 Å². The van der Waals surface area contributed by atoms with Gasteiger partial charge in [-0.05, 0) is 25.1 Å². The number of hydrogen-bond acceptors (Lipinski definition) is 4. The lowest BCUT2D eigenvalue weighted by molar-refractivity contribution is -0.114. The Morgan fingerprint density at radius 2 is 2.05 bits per heavy atom. The summed E-state index contributed by atoms with van der Waals surface area (Å²) in [5.74, 6) is -0.502. The van der Waals surface area contributed by atoms with E-state index in [-0.39, 0.29) is 11.1 Å². The molecule has 0 aromatic heterocycles. The molecule has 0 fully saturated rings. The molecule has 1 aliphatic heterocycles. The molecule has 1 amide bonds. The van der Waals surface area contributed by atoms with Gasteiger partial charge in [-0.3, -0.25) is 4.79 Å². The van der Waals surface area contributed by atoms with Gasteiger partial charge in [0.25, 0.3) is 5.91 Å². The van der Waals surface area contributed by atoms with Gasteiger partial charge in [-0.15, -0.1) is 0 Å². The molecule has 6 heteroatoms. The summed E-state index contributed by atoms with van der Waals surface area (Å²) >= 11 is 5.86. The summed E-state index contributed by atoms with van der Waals surface area (Å²) in [5.41, 5.74) is 0.617. The predicted octanol–water partition coefficient (Wildman–Crippen LogP) is 2.41. The Morgan fingerprint density at radius 3 is 2.63 bits per heavy atom. The highest BCUT2D eigenvalue weighted by Gasteiger charge is 2.31. The number of carbonyl (C=O) groups is 1. The molecule has 0 aliphatic carbocycles. The highest BCUT2D eigenvalue weighted by atomic mass is 35.5.